The fraction of sp³-hybridized carbons (Fsp3) is 0.240. The van der Waals surface area contributed by atoms with Crippen molar-refractivity contribution in [1.29, 1.82) is 0 Å². The molecule has 5 rings (SSSR count). The summed E-state index contributed by atoms with van der Waals surface area (Å²) in [5, 5.41) is 23.1. The number of anilines is 2. The maximum absolute atomic E-state index is 13.2. The number of rotatable bonds is 6. The minimum atomic E-state index is -1.80. The number of nitrogens with zero attached hydrogens (tertiary/aromatic N) is 3. The average Bonchev–Trinajstić information content (AvgIpc) is 3.25. The smallest absolute Gasteiger partial charge is 0.323 e. The number of carboxylic acid groups (broad SMARTS) is 1. The van der Waals surface area contributed by atoms with Crippen molar-refractivity contribution in [2.24, 2.45) is 10.7 Å². The number of fused-ring (bicyclic) bond motifs is 2. The van der Waals surface area contributed by atoms with Crippen molar-refractivity contribution in [3.63, 3.8) is 0 Å². The first-order chi connectivity index (χ1) is 17.7. The monoisotopic (exact) mass is 505 g/mol. The number of morpholine rings is 1. The van der Waals surface area contributed by atoms with E-state index >= 15 is 0 Å². The third-order valence-electron chi connectivity index (χ3n) is 6.33. The maximum Gasteiger partial charge on any atom is 0.323 e. The minimum Gasteiger partial charge on any atom is -0.480 e. The predicted octanol–water partition coefficient (Wildman–Crippen LogP) is 0.0364. The van der Waals surface area contributed by atoms with Crippen molar-refractivity contribution in [2.75, 3.05) is 23.4 Å². The van der Waals surface area contributed by atoms with E-state index in [-0.39, 0.29) is 13.2 Å². The first kappa shape index (κ1) is 24.2. The van der Waals surface area contributed by atoms with Crippen molar-refractivity contribution >= 4 is 45.9 Å². The number of pyridine rings is 1. The SMILES string of the molecule is NC1=NCc2cc(NC(=O)C(O)C3OCCN(c4ccc5ccc(=O)n(CC(=O)O)c5c4)C3=O)ccc21. The number of carbonyl (C=O) groups is 3. The molecule has 37 heavy (non-hydrogen) atoms. The number of ether oxygens (including phenoxy) is 1. The largest absolute Gasteiger partial charge is 0.480 e. The van der Waals surface area contributed by atoms with Crippen LogP contribution in [-0.2, 0) is 32.2 Å². The number of benzene rings is 2. The van der Waals surface area contributed by atoms with E-state index in [1.165, 1.54) is 17.0 Å². The second kappa shape index (κ2) is 9.48. The number of amidine groups is 1. The summed E-state index contributed by atoms with van der Waals surface area (Å²) < 4.78 is 6.56. The fourth-order valence-corrected chi connectivity index (χ4v) is 4.49. The Morgan fingerprint density at radius 2 is 1.95 bits per heavy atom. The van der Waals surface area contributed by atoms with E-state index in [1.54, 1.807) is 36.4 Å². The number of carboxylic acids is 1. The highest BCUT2D eigenvalue weighted by Crippen LogP contribution is 2.26. The van der Waals surface area contributed by atoms with Crippen molar-refractivity contribution in [3.8, 4) is 0 Å². The molecule has 12 nitrogen and oxygen atoms in total. The number of hydrogen-bond acceptors (Lipinski definition) is 8. The van der Waals surface area contributed by atoms with Gasteiger partial charge in [0.1, 0.15) is 12.4 Å². The quantitative estimate of drug-likeness (QED) is 0.363. The Balaban J connectivity index is 1.36. The molecule has 3 aromatic rings. The molecule has 12 heteroatoms. The van der Waals surface area contributed by atoms with Crippen LogP contribution in [0.25, 0.3) is 10.9 Å². The lowest BCUT2D eigenvalue weighted by atomic mass is 10.1. The van der Waals surface area contributed by atoms with E-state index in [2.05, 4.69) is 10.3 Å². The van der Waals surface area contributed by atoms with Crippen LogP contribution in [0.5, 0.6) is 0 Å². The number of aliphatic hydroxyl groups excluding tert-OH is 1. The summed E-state index contributed by atoms with van der Waals surface area (Å²) in [6.07, 6.45) is -3.26. The molecule has 1 saturated heterocycles. The summed E-state index contributed by atoms with van der Waals surface area (Å²) in [5.41, 5.74) is 8.05. The lowest BCUT2D eigenvalue weighted by Crippen LogP contribution is -2.55. The molecule has 3 heterocycles. The van der Waals surface area contributed by atoms with Crippen LogP contribution in [0, 0.1) is 0 Å². The first-order valence-electron chi connectivity index (χ1n) is 11.4. The van der Waals surface area contributed by atoms with Gasteiger partial charge >= 0.3 is 5.97 Å². The van der Waals surface area contributed by atoms with Gasteiger partial charge in [-0.15, -0.1) is 0 Å². The standard InChI is InChI=1S/C25H23N5O7/c26-23-17-5-3-15(9-14(17)11-27-23)28-24(35)21(34)22-25(36)29(7-8-37-22)16-4-1-13-2-6-19(31)30(12-20(32)33)18(13)10-16/h1-6,9-10,21-22,34H,7-8,11-12H2,(H2,26,27)(H,28,35)(H,32,33). The number of aliphatic imine (C=N–C) groups is 1. The lowest BCUT2D eigenvalue weighted by Gasteiger charge is -2.34. The van der Waals surface area contributed by atoms with Crippen molar-refractivity contribution in [3.05, 3.63) is 70.0 Å². The topological polar surface area (TPSA) is 177 Å². The number of amides is 2. The number of aliphatic carboxylic acids is 1. The highest BCUT2D eigenvalue weighted by molar-refractivity contribution is 6.05. The van der Waals surface area contributed by atoms with Crippen LogP contribution >= 0.6 is 0 Å². The van der Waals surface area contributed by atoms with Crippen LogP contribution in [0.3, 0.4) is 0 Å². The van der Waals surface area contributed by atoms with Crippen molar-refractivity contribution < 1.29 is 29.3 Å². The van der Waals surface area contributed by atoms with Gasteiger partial charge in [0.2, 0.25) is 0 Å². The summed E-state index contributed by atoms with van der Waals surface area (Å²) in [6, 6.07) is 12.7. The Hall–Kier alpha value is -4.55. The maximum atomic E-state index is 13.2. The molecule has 2 aliphatic rings. The van der Waals surface area contributed by atoms with Crippen molar-refractivity contribution in [1.82, 2.24) is 4.57 Å². The number of aromatic nitrogens is 1. The molecule has 2 atom stereocenters. The number of hydrogen-bond donors (Lipinski definition) is 4. The Labute approximate surface area is 209 Å². The van der Waals surface area contributed by atoms with E-state index in [0.29, 0.717) is 34.7 Å². The summed E-state index contributed by atoms with van der Waals surface area (Å²) in [4.78, 5) is 55.0. The zero-order valence-electron chi connectivity index (χ0n) is 19.5. The molecule has 2 amide bonds. The number of nitrogens with one attached hydrogen (secondary N) is 1. The van der Waals surface area contributed by atoms with Gasteiger partial charge in [0.05, 0.1) is 18.7 Å². The van der Waals surface area contributed by atoms with Crippen LogP contribution in [0.1, 0.15) is 11.1 Å². The van der Waals surface area contributed by atoms with E-state index in [1.807, 2.05) is 0 Å². The normalized spacial score (nSPS) is 17.9. The summed E-state index contributed by atoms with van der Waals surface area (Å²) >= 11 is 0. The Bertz CT molecular complexity index is 1530. The second-order valence-corrected chi connectivity index (χ2v) is 8.68. The van der Waals surface area contributed by atoms with Gasteiger partial charge in [-0.2, -0.15) is 0 Å². The van der Waals surface area contributed by atoms with Gasteiger partial charge < -0.3 is 30.9 Å². The molecule has 0 bridgehead atoms. The average molecular weight is 505 g/mol. The number of aliphatic hydroxyl groups is 1. The van der Waals surface area contributed by atoms with E-state index in [0.717, 1.165) is 15.7 Å². The van der Waals surface area contributed by atoms with Crippen LogP contribution < -0.4 is 21.5 Å². The molecule has 1 fully saturated rings. The molecule has 2 aliphatic heterocycles. The molecule has 0 spiro atoms. The van der Waals surface area contributed by atoms with E-state index in [9.17, 15) is 29.4 Å². The Kier molecular flexibility index (Phi) is 6.19. The third kappa shape index (κ3) is 4.55. The Morgan fingerprint density at radius 3 is 2.73 bits per heavy atom. The second-order valence-electron chi connectivity index (χ2n) is 8.68. The van der Waals surface area contributed by atoms with Crippen LogP contribution in [-0.4, -0.2) is 63.8 Å². The lowest BCUT2D eigenvalue weighted by molar-refractivity contribution is -0.150. The van der Waals surface area contributed by atoms with Crippen LogP contribution in [0.15, 0.2) is 58.3 Å². The zero-order valence-corrected chi connectivity index (χ0v) is 19.5. The van der Waals surface area contributed by atoms with E-state index in [4.69, 9.17) is 10.5 Å². The van der Waals surface area contributed by atoms with E-state index < -0.39 is 42.1 Å². The van der Waals surface area contributed by atoms with Gasteiger partial charge in [0.15, 0.2) is 12.2 Å². The number of nitrogens with two attached hydrogens (primary N) is 1. The fourth-order valence-electron chi connectivity index (χ4n) is 4.49. The van der Waals surface area contributed by atoms with Gasteiger partial charge in [0, 0.05) is 29.5 Å². The van der Waals surface area contributed by atoms with Gasteiger partial charge in [0.25, 0.3) is 17.4 Å². The summed E-state index contributed by atoms with van der Waals surface area (Å²) in [5.74, 6) is -2.23. The molecular formula is C25H23N5O7. The molecule has 0 saturated carbocycles. The summed E-state index contributed by atoms with van der Waals surface area (Å²) in [7, 11) is 0. The van der Waals surface area contributed by atoms with Gasteiger partial charge in [-0.3, -0.25) is 28.7 Å². The van der Waals surface area contributed by atoms with Crippen LogP contribution in [0.4, 0.5) is 11.4 Å². The summed E-state index contributed by atoms with van der Waals surface area (Å²) in [6.45, 7) is 0.0284. The molecule has 0 aliphatic carbocycles. The van der Waals surface area contributed by atoms with Gasteiger partial charge in [-0.25, -0.2) is 0 Å². The molecule has 190 valence electrons. The van der Waals surface area contributed by atoms with Crippen LogP contribution in [0.2, 0.25) is 0 Å². The third-order valence-corrected chi connectivity index (χ3v) is 6.33. The highest BCUT2D eigenvalue weighted by atomic mass is 16.5. The molecular weight excluding hydrogens is 482 g/mol. The minimum absolute atomic E-state index is 0.0466. The molecule has 0 radical (unpaired) electrons. The molecule has 2 unspecified atom stereocenters. The van der Waals surface area contributed by atoms with Crippen molar-refractivity contribution in [2.45, 2.75) is 25.3 Å². The Morgan fingerprint density at radius 1 is 1.16 bits per heavy atom. The van der Waals surface area contributed by atoms with Gasteiger partial charge in [-0.05, 0) is 47.3 Å². The van der Waals surface area contributed by atoms with Gasteiger partial charge in [-0.1, -0.05) is 6.07 Å². The highest BCUT2D eigenvalue weighted by Gasteiger charge is 2.39. The predicted molar refractivity (Wildman–Crippen MR) is 133 cm³/mol. The number of carbonyl (C=O) groups excluding carboxylic acids is 2. The first-order valence-corrected chi connectivity index (χ1v) is 11.4. The zero-order chi connectivity index (χ0) is 26.3. The molecule has 1 aromatic heterocycles. The molecule has 5 N–H and O–H groups in total. The molecule has 2 aromatic carbocycles.